The van der Waals surface area contributed by atoms with E-state index in [-0.39, 0.29) is 22.3 Å². The fourth-order valence-corrected chi connectivity index (χ4v) is 6.32. The second-order valence-corrected chi connectivity index (χ2v) is 11.2. The molecule has 168 valence electrons. The number of anilines is 2. The molecule has 5 rings (SSSR count). The minimum absolute atomic E-state index is 0.124. The molecule has 2 N–H and O–H groups in total. The molecule has 3 aromatic rings. The molecule has 10 heteroatoms. The van der Waals surface area contributed by atoms with Crippen LogP contribution in [0, 0.1) is 11.2 Å². The van der Waals surface area contributed by atoms with Crippen LogP contribution in [0.2, 0.25) is 5.02 Å². The van der Waals surface area contributed by atoms with Crippen molar-refractivity contribution in [1.82, 2.24) is 9.88 Å². The Bertz CT molecular complexity index is 1220. The topological polar surface area (TPSA) is 74.3 Å². The standard InChI is InChI=1S/C22H22ClFN4O2S2/c23-16-8-19(32(29,30)27-21-12-31-14-25-21)17(24)9-18(16)26-20-11-28(13-22(20)6-7-22)10-15-4-2-1-3-5-15/h1-5,8-9,12,14,20,26-27H,6-7,10-11,13H2/t20-/m1/s1. The van der Waals surface area contributed by atoms with Gasteiger partial charge in [0.25, 0.3) is 10.0 Å². The molecule has 0 amide bonds. The van der Waals surface area contributed by atoms with Crippen molar-refractivity contribution >= 4 is 44.5 Å². The summed E-state index contributed by atoms with van der Waals surface area (Å²) in [6.45, 7) is 2.66. The van der Waals surface area contributed by atoms with Gasteiger partial charge in [-0.05, 0) is 30.5 Å². The van der Waals surface area contributed by atoms with Crippen LogP contribution in [-0.2, 0) is 16.6 Å². The zero-order valence-electron chi connectivity index (χ0n) is 17.1. The smallest absolute Gasteiger partial charge is 0.266 e. The van der Waals surface area contributed by atoms with Gasteiger partial charge in [0.15, 0.2) is 5.82 Å². The van der Waals surface area contributed by atoms with Crippen molar-refractivity contribution in [1.29, 1.82) is 0 Å². The Morgan fingerprint density at radius 2 is 2.03 bits per heavy atom. The number of likely N-dealkylation sites (tertiary alicyclic amines) is 1. The lowest BCUT2D eigenvalue weighted by Gasteiger charge is -2.21. The summed E-state index contributed by atoms with van der Waals surface area (Å²) in [5.41, 5.74) is 3.32. The number of nitrogens with zero attached hydrogens (tertiary/aromatic N) is 2. The highest BCUT2D eigenvalue weighted by Gasteiger charge is 2.55. The predicted molar refractivity (Wildman–Crippen MR) is 125 cm³/mol. The van der Waals surface area contributed by atoms with E-state index in [1.165, 1.54) is 33.9 Å². The fraction of sp³-hybridized carbons (Fsp3) is 0.318. The molecule has 2 heterocycles. The van der Waals surface area contributed by atoms with Crippen molar-refractivity contribution in [3.8, 4) is 0 Å². The monoisotopic (exact) mass is 492 g/mol. The number of hydrogen-bond acceptors (Lipinski definition) is 6. The van der Waals surface area contributed by atoms with Gasteiger partial charge in [-0.25, -0.2) is 17.8 Å². The quantitative estimate of drug-likeness (QED) is 0.495. The van der Waals surface area contributed by atoms with E-state index in [2.05, 4.69) is 32.1 Å². The summed E-state index contributed by atoms with van der Waals surface area (Å²) in [6.07, 6.45) is 2.22. The molecule has 0 unspecified atom stereocenters. The first-order chi connectivity index (χ1) is 15.3. The molecule has 0 bridgehead atoms. The lowest BCUT2D eigenvalue weighted by Crippen LogP contribution is -2.30. The van der Waals surface area contributed by atoms with E-state index in [1.54, 1.807) is 0 Å². The van der Waals surface area contributed by atoms with Crippen LogP contribution in [0.15, 0.2) is 58.3 Å². The normalized spacial score (nSPS) is 19.9. The first kappa shape index (κ1) is 21.6. The van der Waals surface area contributed by atoms with Crippen molar-refractivity contribution in [2.24, 2.45) is 5.41 Å². The maximum absolute atomic E-state index is 14.9. The van der Waals surface area contributed by atoms with Gasteiger partial charge in [0.05, 0.1) is 16.2 Å². The van der Waals surface area contributed by atoms with Crippen molar-refractivity contribution < 1.29 is 12.8 Å². The van der Waals surface area contributed by atoms with E-state index in [1.807, 2.05) is 18.2 Å². The largest absolute Gasteiger partial charge is 0.379 e. The van der Waals surface area contributed by atoms with Gasteiger partial charge >= 0.3 is 0 Å². The number of rotatable bonds is 7. The number of benzene rings is 2. The molecule has 2 fully saturated rings. The second-order valence-electron chi connectivity index (χ2n) is 8.46. The SMILES string of the molecule is O=S(=O)(Nc1cscn1)c1cc(Cl)c(N[C@@H]2CN(Cc3ccccc3)CC23CC3)cc1F. The molecule has 6 nitrogen and oxygen atoms in total. The van der Waals surface area contributed by atoms with Crippen molar-refractivity contribution in [2.45, 2.75) is 30.3 Å². The van der Waals surface area contributed by atoms with Crippen molar-refractivity contribution in [3.05, 3.63) is 69.8 Å². The van der Waals surface area contributed by atoms with Gasteiger partial charge in [-0.3, -0.25) is 9.62 Å². The summed E-state index contributed by atoms with van der Waals surface area (Å²) < 4.78 is 42.3. The van der Waals surface area contributed by atoms with E-state index < -0.39 is 20.7 Å². The Morgan fingerprint density at radius 1 is 1.25 bits per heavy atom. The lowest BCUT2D eigenvalue weighted by atomic mass is 10.0. The van der Waals surface area contributed by atoms with Crippen LogP contribution < -0.4 is 10.0 Å². The van der Waals surface area contributed by atoms with Crippen LogP contribution >= 0.6 is 22.9 Å². The predicted octanol–water partition coefficient (Wildman–Crippen LogP) is 4.81. The molecule has 1 saturated carbocycles. The summed E-state index contributed by atoms with van der Waals surface area (Å²) in [7, 11) is -4.14. The third kappa shape index (κ3) is 4.34. The van der Waals surface area contributed by atoms with Gasteiger partial charge < -0.3 is 5.32 Å². The van der Waals surface area contributed by atoms with Crippen LogP contribution in [-0.4, -0.2) is 37.4 Å². The number of thiazole rings is 1. The van der Waals surface area contributed by atoms with Crippen LogP contribution in [0.4, 0.5) is 15.9 Å². The Balaban J connectivity index is 1.33. The third-order valence-corrected chi connectivity index (χ3v) is 8.44. The Morgan fingerprint density at radius 3 is 2.72 bits per heavy atom. The Hall–Kier alpha value is -2.20. The molecule has 1 saturated heterocycles. The first-order valence-corrected chi connectivity index (χ1v) is 13.1. The maximum atomic E-state index is 14.9. The third-order valence-electron chi connectivity index (χ3n) is 6.17. The average molecular weight is 493 g/mol. The van der Waals surface area contributed by atoms with Gasteiger partial charge in [-0.1, -0.05) is 41.9 Å². The average Bonchev–Trinajstić information content (AvgIpc) is 3.20. The Labute approximate surface area is 195 Å². The van der Waals surface area contributed by atoms with E-state index in [9.17, 15) is 12.8 Å². The van der Waals surface area contributed by atoms with Crippen LogP contribution in [0.5, 0.6) is 0 Å². The number of halogens is 2. The molecule has 1 atom stereocenters. The summed E-state index contributed by atoms with van der Waals surface area (Å²) in [6, 6.07) is 12.8. The maximum Gasteiger partial charge on any atom is 0.266 e. The number of nitrogens with one attached hydrogen (secondary N) is 2. The zero-order chi connectivity index (χ0) is 22.3. The molecule has 32 heavy (non-hydrogen) atoms. The van der Waals surface area contributed by atoms with Crippen molar-refractivity contribution in [3.63, 3.8) is 0 Å². The minimum atomic E-state index is -4.14. The molecule has 1 aliphatic heterocycles. The number of aromatic nitrogens is 1. The van der Waals surface area contributed by atoms with Gasteiger partial charge in [-0.2, -0.15) is 0 Å². The molecule has 0 radical (unpaired) electrons. The van der Waals surface area contributed by atoms with E-state index >= 15 is 0 Å². The fourth-order valence-electron chi connectivity index (χ4n) is 4.39. The number of sulfonamides is 1. The van der Waals surface area contributed by atoms with E-state index in [0.717, 1.165) is 38.5 Å². The van der Waals surface area contributed by atoms with Crippen molar-refractivity contribution in [2.75, 3.05) is 23.1 Å². The molecule has 1 spiro atoms. The van der Waals surface area contributed by atoms with Crippen LogP contribution in [0.25, 0.3) is 0 Å². The highest BCUT2D eigenvalue weighted by Crippen LogP contribution is 2.54. The summed E-state index contributed by atoms with van der Waals surface area (Å²) >= 11 is 7.64. The first-order valence-electron chi connectivity index (χ1n) is 10.3. The van der Waals surface area contributed by atoms with Gasteiger partial charge in [-0.15, -0.1) is 11.3 Å². The summed E-state index contributed by atoms with van der Waals surface area (Å²) in [4.78, 5) is 5.78. The van der Waals surface area contributed by atoms with Crippen LogP contribution in [0.3, 0.4) is 0 Å². The Kier molecular flexibility index (Phi) is 5.61. The molecule has 2 aromatic carbocycles. The zero-order valence-corrected chi connectivity index (χ0v) is 19.5. The van der Waals surface area contributed by atoms with Gasteiger partial charge in [0.2, 0.25) is 0 Å². The lowest BCUT2D eigenvalue weighted by molar-refractivity contribution is 0.312. The molecule has 2 aliphatic rings. The minimum Gasteiger partial charge on any atom is -0.379 e. The molecular weight excluding hydrogens is 471 g/mol. The van der Waals surface area contributed by atoms with Gasteiger partial charge in [0.1, 0.15) is 10.7 Å². The molecular formula is C22H22ClFN4O2S2. The van der Waals surface area contributed by atoms with E-state index in [0.29, 0.717) is 5.69 Å². The van der Waals surface area contributed by atoms with Gasteiger partial charge in [0, 0.05) is 36.5 Å². The van der Waals surface area contributed by atoms with Crippen LogP contribution in [0.1, 0.15) is 18.4 Å². The van der Waals surface area contributed by atoms with E-state index in [4.69, 9.17) is 11.6 Å². The summed E-state index contributed by atoms with van der Waals surface area (Å²) in [5, 5.41) is 5.10. The summed E-state index contributed by atoms with van der Waals surface area (Å²) in [5.74, 6) is -0.712. The second kappa shape index (κ2) is 8.30. The molecule has 1 aromatic heterocycles. The highest BCUT2D eigenvalue weighted by atomic mass is 35.5. The number of hydrogen-bond donors (Lipinski definition) is 2. The highest BCUT2D eigenvalue weighted by molar-refractivity contribution is 7.92. The molecule has 1 aliphatic carbocycles.